The normalized spacial score (nSPS) is 44.9. The number of fused-ring (bicyclic) bond motifs is 2. The Morgan fingerprint density at radius 1 is 1.70 bits per heavy atom. The molecule has 56 valence electrons. The van der Waals surface area contributed by atoms with E-state index < -0.39 is 0 Å². The highest BCUT2D eigenvalue weighted by atomic mass is 16.5. The Balaban J connectivity index is 2.10. The molecule has 1 saturated carbocycles. The first-order valence-electron chi connectivity index (χ1n) is 4.00. The topological polar surface area (TPSA) is 26.3 Å². The molecule has 0 amide bonds. The maximum atomic E-state index is 11.1. The molecule has 3 unspecified atom stereocenters. The number of ether oxygens (including phenoxy) is 1. The van der Waals surface area contributed by atoms with Crippen LogP contribution in [0, 0.1) is 11.8 Å². The molecule has 3 atom stereocenters. The second kappa shape index (κ2) is 2.06. The Kier molecular flexibility index (Phi) is 1.31. The van der Waals surface area contributed by atoms with Gasteiger partial charge in [0, 0.05) is 18.4 Å². The van der Waals surface area contributed by atoms with Crippen LogP contribution in [-0.4, -0.2) is 18.5 Å². The van der Waals surface area contributed by atoms with Gasteiger partial charge in [-0.15, -0.1) is 0 Å². The van der Waals surface area contributed by atoms with E-state index in [4.69, 9.17) is 4.74 Å². The minimum atomic E-state index is -0.0104. The molecule has 2 bridgehead atoms. The summed E-state index contributed by atoms with van der Waals surface area (Å²) >= 11 is 0. The van der Waals surface area contributed by atoms with E-state index in [1.54, 1.807) is 0 Å². The first-order chi connectivity index (χ1) is 4.84. The predicted octanol–water partition coefficient (Wildman–Crippen LogP) is 1.00. The van der Waals surface area contributed by atoms with Crippen molar-refractivity contribution in [3.8, 4) is 0 Å². The zero-order chi connectivity index (χ0) is 7.14. The Morgan fingerprint density at radius 3 is 2.80 bits per heavy atom. The highest BCUT2D eigenvalue weighted by molar-refractivity contribution is 5.92. The SMILES string of the molecule is CCC1C2CCOC1C2=O. The van der Waals surface area contributed by atoms with Gasteiger partial charge >= 0.3 is 0 Å². The summed E-state index contributed by atoms with van der Waals surface area (Å²) in [7, 11) is 0. The van der Waals surface area contributed by atoms with Crippen LogP contribution < -0.4 is 0 Å². The summed E-state index contributed by atoms with van der Waals surface area (Å²) in [6, 6.07) is 0. The molecule has 1 aliphatic carbocycles. The molecule has 0 aromatic rings. The van der Waals surface area contributed by atoms with Crippen molar-refractivity contribution in [2.75, 3.05) is 6.61 Å². The molecule has 0 aromatic heterocycles. The summed E-state index contributed by atoms with van der Waals surface area (Å²) in [6.07, 6.45) is 2.05. The van der Waals surface area contributed by atoms with E-state index in [9.17, 15) is 4.79 Å². The first-order valence-corrected chi connectivity index (χ1v) is 4.00. The van der Waals surface area contributed by atoms with Crippen LogP contribution in [0.1, 0.15) is 19.8 Å². The highest BCUT2D eigenvalue weighted by Crippen LogP contribution is 2.41. The molecule has 2 saturated heterocycles. The van der Waals surface area contributed by atoms with Crippen LogP contribution in [0.3, 0.4) is 0 Å². The van der Waals surface area contributed by atoms with Gasteiger partial charge in [-0.3, -0.25) is 4.79 Å². The minimum Gasteiger partial charge on any atom is -0.370 e. The zero-order valence-corrected chi connectivity index (χ0v) is 6.17. The first kappa shape index (κ1) is 6.35. The lowest BCUT2D eigenvalue weighted by molar-refractivity contribution is -0.176. The molecular formula is C8H12O2. The van der Waals surface area contributed by atoms with E-state index in [0.29, 0.717) is 17.6 Å². The van der Waals surface area contributed by atoms with Gasteiger partial charge in [0.05, 0.1) is 0 Å². The molecule has 0 N–H and O–H groups in total. The number of carbonyl (C=O) groups is 1. The van der Waals surface area contributed by atoms with E-state index >= 15 is 0 Å². The number of rotatable bonds is 1. The third kappa shape index (κ3) is 0.601. The molecule has 3 aliphatic rings. The number of hydrogen-bond donors (Lipinski definition) is 0. The van der Waals surface area contributed by atoms with Crippen molar-refractivity contribution >= 4 is 5.78 Å². The third-order valence-electron chi connectivity index (χ3n) is 2.75. The minimum absolute atomic E-state index is 0.0104. The summed E-state index contributed by atoms with van der Waals surface area (Å²) in [6.45, 7) is 2.93. The molecule has 3 fully saturated rings. The van der Waals surface area contributed by atoms with Gasteiger partial charge in [0.2, 0.25) is 0 Å². The molecule has 3 rings (SSSR count). The number of carbonyl (C=O) groups excluding carboxylic acids is 1. The second-order valence-corrected chi connectivity index (χ2v) is 3.16. The van der Waals surface area contributed by atoms with Crippen LogP contribution >= 0.6 is 0 Å². The molecule has 10 heavy (non-hydrogen) atoms. The van der Waals surface area contributed by atoms with Gasteiger partial charge in [-0.2, -0.15) is 0 Å². The molecule has 0 spiro atoms. The summed E-state index contributed by atoms with van der Waals surface area (Å²) in [5.74, 6) is 1.28. The molecule has 2 heterocycles. The Hall–Kier alpha value is -0.370. The van der Waals surface area contributed by atoms with E-state index in [-0.39, 0.29) is 6.10 Å². The highest BCUT2D eigenvalue weighted by Gasteiger charge is 2.51. The zero-order valence-electron chi connectivity index (χ0n) is 6.17. The summed E-state index contributed by atoms with van der Waals surface area (Å²) in [5, 5.41) is 0. The van der Waals surface area contributed by atoms with E-state index in [2.05, 4.69) is 6.92 Å². The molecule has 0 aromatic carbocycles. The largest absolute Gasteiger partial charge is 0.370 e. The maximum Gasteiger partial charge on any atom is 0.165 e. The standard InChI is InChI=1S/C8H12O2/c1-2-5-6-3-4-10-8(5)7(6)9/h5-6,8H,2-4H2,1H3. The van der Waals surface area contributed by atoms with Crippen LogP contribution in [0.2, 0.25) is 0 Å². The Morgan fingerprint density at radius 2 is 2.50 bits per heavy atom. The number of Topliss-reactive ketones (excluding diaryl/α,β-unsaturated/α-hetero) is 1. The third-order valence-corrected chi connectivity index (χ3v) is 2.75. The van der Waals surface area contributed by atoms with Crippen LogP contribution in [0.4, 0.5) is 0 Å². The van der Waals surface area contributed by atoms with E-state index in [1.165, 1.54) is 0 Å². The summed E-state index contributed by atoms with van der Waals surface area (Å²) < 4.78 is 5.31. The van der Waals surface area contributed by atoms with Crippen LogP contribution in [0.25, 0.3) is 0 Å². The molecular weight excluding hydrogens is 128 g/mol. The van der Waals surface area contributed by atoms with Crippen molar-refractivity contribution in [2.45, 2.75) is 25.9 Å². The summed E-state index contributed by atoms with van der Waals surface area (Å²) in [5.41, 5.74) is 0. The van der Waals surface area contributed by atoms with Crippen molar-refractivity contribution in [1.29, 1.82) is 0 Å². The van der Waals surface area contributed by atoms with Crippen molar-refractivity contribution in [3.63, 3.8) is 0 Å². The molecule has 2 nitrogen and oxygen atoms in total. The van der Waals surface area contributed by atoms with Gasteiger partial charge in [-0.1, -0.05) is 6.92 Å². The Labute approximate surface area is 60.6 Å². The second-order valence-electron chi connectivity index (χ2n) is 3.16. The Bertz CT molecular complexity index is 151. The predicted molar refractivity (Wildman–Crippen MR) is 36.6 cm³/mol. The molecule has 2 heteroatoms. The fourth-order valence-electron chi connectivity index (χ4n) is 2.11. The fraction of sp³-hybridized carbons (Fsp3) is 0.875. The monoisotopic (exact) mass is 140 g/mol. The lowest BCUT2D eigenvalue weighted by Crippen LogP contribution is -2.57. The van der Waals surface area contributed by atoms with Crippen molar-refractivity contribution in [2.24, 2.45) is 11.8 Å². The fourth-order valence-corrected chi connectivity index (χ4v) is 2.11. The number of hydrogen-bond acceptors (Lipinski definition) is 2. The average molecular weight is 140 g/mol. The van der Waals surface area contributed by atoms with E-state index in [1.807, 2.05) is 0 Å². The number of ketones is 1. The van der Waals surface area contributed by atoms with Crippen molar-refractivity contribution in [3.05, 3.63) is 0 Å². The van der Waals surface area contributed by atoms with Gasteiger partial charge in [0.1, 0.15) is 6.10 Å². The van der Waals surface area contributed by atoms with E-state index in [0.717, 1.165) is 19.4 Å². The van der Waals surface area contributed by atoms with Gasteiger partial charge in [0.15, 0.2) is 5.78 Å². The van der Waals surface area contributed by atoms with Gasteiger partial charge in [-0.25, -0.2) is 0 Å². The smallest absolute Gasteiger partial charge is 0.165 e. The van der Waals surface area contributed by atoms with Crippen molar-refractivity contribution < 1.29 is 9.53 Å². The average Bonchev–Trinajstić information content (AvgIpc) is 2.02. The quantitative estimate of drug-likeness (QED) is 0.543. The van der Waals surface area contributed by atoms with Gasteiger partial charge < -0.3 is 4.74 Å². The van der Waals surface area contributed by atoms with Gasteiger partial charge in [-0.05, 0) is 12.8 Å². The lowest BCUT2D eigenvalue weighted by Gasteiger charge is -2.46. The summed E-state index contributed by atoms with van der Waals surface area (Å²) in [4.78, 5) is 11.1. The molecule has 0 radical (unpaired) electrons. The van der Waals surface area contributed by atoms with Crippen LogP contribution in [0.5, 0.6) is 0 Å². The van der Waals surface area contributed by atoms with Gasteiger partial charge in [0.25, 0.3) is 0 Å². The maximum absolute atomic E-state index is 11.1. The lowest BCUT2D eigenvalue weighted by atomic mass is 9.65. The molecule has 2 aliphatic heterocycles. The van der Waals surface area contributed by atoms with Crippen LogP contribution in [-0.2, 0) is 9.53 Å². The van der Waals surface area contributed by atoms with Crippen LogP contribution in [0.15, 0.2) is 0 Å². The van der Waals surface area contributed by atoms with Crippen molar-refractivity contribution in [1.82, 2.24) is 0 Å².